The van der Waals surface area contributed by atoms with E-state index in [2.05, 4.69) is 197 Å². The number of amides is 6. The summed E-state index contributed by atoms with van der Waals surface area (Å²) in [4.78, 5) is 109. The number of aromatic nitrogens is 6. The molecule has 12 aliphatic rings. The van der Waals surface area contributed by atoms with Gasteiger partial charge in [0.1, 0.15) is 5.82 Å². The minimum atomic E-state index is -0.486. The monoisotopic (exact) mass is 1990 g/mol. The van der Waals surface area contributed by atoms with E-state index in [4.69, 9.17) is 11.6 Å². The van der Waals surface area contributed by atoms with Gasteiger partial charge in [0.05, 0.1) is 11.2 Å². The predicted octanol–water partition coefficient (Wildman–Crippen LogP) is 27.9. The number of thioether (sulfide) groups is 1. The van der Waals surface area contributed by atoms with Gasteiger partial charge in [-0.05, 0) is 330 Å². The fourth-order valence-corrected chi connectivity index (χ4v) is 29.7. The summed E-state index contributed by atoms with van der Waals surface area (Å²) in [6, 6.07) is 45.3. The Morgan fingerprint density at radius 2 is 0.722 bits per heavy atom. The Morgan fingerprint density at radius 3 is 1.19 bits per heavy atom. The molecule has 12 heterocycles. The highest BCUT2D eigenvalue weighted by Crippen LogP contribution is 2.46. The molecule has 768 valence electrons. The van der Waals surface area contributed by atoms with Crippen LogP contribution in [-0.4, -0.2) is 176 Å². The number of nitrogens with zero attached hydrogens (tertiary/aromatic N) is 7. The standard InChI is InChI=1S/C22H30N2O.2C21H28N2O.C20H25ClN2O.C20H25FN2O.C19H24N2OS/c1-22(2,18-15-23(3)20-13-7-5-11-17(18)20)21(25)24-14-8-10-16-9-4-6-12-19(16)24;1-15(18-14-22-19-10-4-3-9-17(18)19)13-21(24)23-12-6-8-16-7-2-5-11-20(16)23;1-15-8-10-19-18(13-15)17(14-22-19)9-11-21(24)23-12-4-6-16-5-2-3-7-20(16)23;2*21-16-8-9-18-17(12-16)15(13-22-18)7-10-20(24)23-11-3-5-14-4-1-2-6-19(14)23;22-19(21-11-5-7-14-6-1-4-10-17(14)21)13-23-18-12-20-16-9-3-2-8-15(16)18/h5,7,11,13,15-16,19H,4,6,8-10,12,14H2,1-3H3;3-4,9-10,14-16,20,22H,2,5-8,11-13H2,1H3;8,10,13-14,16,20,22H,2-7,9,11-12H2,1H3;2*8-9,12-14,19,22H,1-7,10-11H2;2-3,8-9,12,14,17,20H,1,4-7,10-11,13H2. The average molecular weight is 1990 g/mol. The van der Waals surface area contributed by atoms with Gasteiger partial charge >= 0.3 is 0 Å². The van der Waals surface area contributed by atoms with Crippen molar-refractivity contribution < 1.29 is 33.2 Å². The van der Waals surface area contributed by atoms with E-state index in [0.717, 1.165) is 143 Å². The smallest absolute Gasteiger partial charge is 0.233 e. The zero-order chi connectivity index (χ0) is 99.3. The van der Waals surface area contributed by atoms with Crippen LogP contribution in [0.15, 0.2) is 169 Å². The largest absolute Gasteiger partial charge is 0.361 e. The summed E-state index contributed by atoms with van der Waals surface area (Å²) < 4.78 is 15.6. The highest BCUT2D eigenvalue weighted by molar-refractivity contribution is 8.00. The maximum absolute atomic E-state index is 13.6. The lowest BCUT2D eigenvalue weighted by molar-refractivity contribution is -0.143. The van der Waals surface area contributed by atoms with Gasteiger partial charge in [-0.1, -0.05) is 162 Å². The number of likely N-dealkylation sites (tertiary alicyclic amines) is 6. The van der Waals surface area contributed by atoms with E-state index in [-0.39, 0.29) is 17.6 Å². The number of carbonyl (C=O) groups excluding carboxylic acids is 6. The molecular formula is C123H160ClFN12O6S. The van der Waals surface area contributed by atoms with E-state index in [1.54, 1.807) is 23.9 Å². The topological polar surface area (TPSA) is 206 Å². The van der Waals surface area contributed by atoms with Gasteiger partial charge in [0.15, 0.2) is 0 Å². The molecule has 18 nitrogen and oxygen atoms in total. The molecule has 12 aromatic rings. The molecule has 6 saturated carbocycles. The van der Waals surface area contributed by atoms with Crippen LogP contribution >= 0.6 is 23.4 Å². The summed E-state index contributed by atoms with van der Waals surface area (Å²) in [6.07, 6.45) is 62.8. The quantitative estimate of drug-likeness (QED) is 0.0557. The molecule has 6 saturated heterocycles. The number of hydrogen-bond donors (Lipinski definition) is 5. The first-order chi connectivity index (χ1) is 70.2. The Balaban J connectivity index is 0.000000109. The summed E-state index contributed by atoms with van der Waals surface area (Å²) in [6.45, 7) is 14.3. The van der Waals surface area contributed by atoms with Gasteiger partial charge in [-0.3, -0.25) is 28.8 Å². The second-order valence-corrected chi connectivity index (χ2v) is 47.0. The van der Waals surface area contributed by atoms with E-state index >= 15 is 0 Å². The molecule has 0 spiro atoms. The number of aryl methyl sites for hydroxylation is 5. The molecule has 6 amide bonds. The maximum Gasteiger partial charge on any atom is 0.233 e. The van der Waals surface area contributed by atoms with Crippen molar-refractivity contribution >= 4 is 124 Å². The van der Waals surface area contributed by atoms with Crippen LogP contribution in [0.4, 0.5) is 4.39 Å². The average Bonchev–Trinajstić information content (AvgIpc) is 1.18. The summed E-state index contributed by atoms with van der Waals surface area (Å²) in [5, 5.41) is 7.75. The van der Waals surface area contributed by atoms with Crippen molar-refractivity contribution in [1.82, 2.24) is 58.9 Å². The number of halogens is 2. The van der Waals surface area contributed by atoms with Gasteiger partial charge in [0.2, 0.25) is 35.4 Å². The highest BCUT2D eigenvalue weighted by Gasteiger charge is 2.45. The van der Waals surface area contributed by atoms with Gasteiger partial charge in [0, 0.05) is 221 Å². The number of para-hydroxylation sites is 3. The van der Waals surface area contributed by atoms with Crippen molar-refractivity contribution in [2.45, 2.75) is 356 Å². The van der Waals surface area contributed by atoms with Crippen LogP contribution in [0.25, 0.3) is 65.4 Å². The zero-order valence-corrected chi connectivity index (χ0v) is 88.3. The predicted molar refractivity (Wildman–Crippen MR) is 586 cm³/mol. The molecule has 144 heavy (non-hydrogen) atoms. The van der Waals surface area contributed by atoms with Crippen LogP contribution in [0.1, 0.15) is 317 Å². The van der Waals surface area contributed by atoms with Gasteiger partial charge in [-0.15, -0.1) is 11.8 Å². The number of rotatable bonds is 17. The van der Waals surface area contributed by atoms with E-state index in [0.29, 0.717) is 104 Å². The molecule has 6 aromatic carbocycles. The number of hydrogen-bond acceptors (Lipinski definition) is 7. The second kappa shape index (κ2) is 47.8. The number of carbonyl (C=O) groups is 6. The normalized spacial score (nSPS) is 24.5. The van der Waals surface area contributed by atoms with Crippen LogP contribution in [0.3, 0.4) is 0 Å². The third-order valence-corrected chi connectivity index (χ3v) is 37.4. The number of H-pyrrole nitrogens is 5. The van der Waals surface area contributed by atoms with Crippen molar-refractivity contribution in [3.63, 3.8) is 0 Å². The van der Waals surface area contributed by atoms with Gasteiger partial charge in [0.25, 0.3) is 0 Å². The second-order valence-electron chi connectivity index (χ2n) is 45.5. The lowest BCUT2D eigenvalue weighted by atomic mass is 9.76. The minimum Gasteiger partial charge on any atom is -0.361 e. The zero-order valence-electron chi connectivity index (χ0n) is 86.7. The maximum atomic E-state index is 13.6. The molecule has 13 atom stereocenters. The number of benzene rings is 6. The van der Waals surface area contributed by atoms with Gasteiger partial charge in [-0.25, -0.2) is 4.39 Å². The first kappa shape index (κ1) is 103. The Bertz CT molecular complexity index is 6060. The van der Waals surface area contributed by atoms with Crippen LogP contribution < -0.4 is 0 Å². The molecule has 24 rings (SSSR count). The third kappa shape index (κ3) is 23.7. The van der Waals surface area contributed by atoms with Crippen LogP contribution in [0.2, 0.25) is 5.02 Å². The van der Waals surface area contributed by atoms with Crippen LogP contribution in [-0.2, 0) is 60.5 Å². The molecule has 0 radical (unpaired) electrons. The third-order valence-electron chi connectivity index (χ3n) is 36.2. The molecule has 13 unspecified atom stereocenters. The lowest BCUT2D eigenvalue weighted by Gasteiger charge is -2.46. The summed E-state index contributed by atoms with van der Waals surface area (Å²) in [5.74, 6) is 7.10. The molecule has 0 bridgehead atoms. The van der Waals surface area contributed by atoms with E-state index in [1.807, 2.05) is 42.9 Å². The molecule has 21 heteroatoms. The first-order valence-electron chi connectivity index (χ1n) is 56.4. The molecular weight excluding hydrogens is 1830 g/mol. The van der Waals surface area contributed by atoms with Crippen molar-refractivity contribution in [2.75, 3.05) is 45.0 Å². The van der Waals surface area contributed by atoms with E-state index in [1.165, 1.54) is 291 Å². The molecule has 6 aromatic heterocycles. The lowest BCUT2D eigenvalue weighted by Crippen LogP contribution is -2.54. The van der Waals surface area contributed by atoms with Gasteiger partial charge in [-0.2, -0.15) is 0 Å². The Hall–Kier alpha value is -10.1. The molecule has 6 aliphatic carbocycles. The number of aromatic amines is 5. The number of piperidine rings is 6. The number of fused-ring (bicyclic) bond motifs is 12. The Labute approximate surface area is 863 Å². The van der Waals surface area contributed by atoms with E-state index in [9.17, 15) is 33.2 Å². The molecule has 6 aliphatic heterocycles. The highest BCUT2D eigenvalue weighted by atomic mass is 35.5. The summed E-state index contributed by atoms with van der Waals surface area (Å²) in [5.41, 5.74) is 13.4. The van der Waals surface area contributed by atoms with Crippen molar-refractivity contribution in [3.05, 3.63) is 209 Å². The van der Waals surface area contributed by atoms with Crippen LogP contribution in [0, 0.1) is 48.2 Å². The molecule has 12 fully saturated rings. The van der Waals surface area contributed by atoms with Crippen LogP contribution in [0.5, 0.6) is 0 Å². The summed E-state index contributed by atoms with van der Waals surface area (Å²) in [7, 11) is 2.07. The fourth-order valence-electron chi connectivity index (χ4n) is 28.6. The van der Waals surface area contributed by atoms with Crippen molar-refractivity contribution in [2.24, 2.45) is 42.6 Å². The Morgan fingerprint density at radius 1 is 0.375 bits per heavy atom. The SMILES string of the molecule is CC(CC(=O)N1CCCC2CCCCC21)c1c[nH]c2ccccc12.Cc1ccc2[nH]cc(CCC(=O)N3CCCC4CCCCC43)c2c1.Cn1cc(C(C)(C)C(=O)N2CCCC3CCCCC32)c2ccccc21.O=C(CCc1c[nH]c2ccc(Cl)cc12)N1CCCC2CCCCC21.O=C(CCc1c[nH]c2ccc(F)cc12)N1CCCC2CCCCC21.O=C(CSc1c[nH]c2ccccc12)N1CCCC2CCCCC21. The first-order valence-corrected chi connectivity index (χ1v) is 57.7. The fraction of sp³-hybridized carbons (Fsp3) is 0.561. The van der Waals surface area contributed by atoms with Crippen molar-refractivity contribution in [3.8, 4) is 0 Å². The Kier molecular flexibility index (Phi) is 34.1. The molecule has 5 N–H and O–H groups in total. The number of nitrogens with one attached hydrogen (secondary N) is 5. The minimum absolute atomic E-state index is 0.226. The van der Waals surface area contributed by atoms with Crippen molar-refractivity contribution in [1.29, 1.82) is 0 Å². The van der Waals surface area contributed by atoms with Gasteiger partial charge < -0.3 is 58.9 Å². The summed E-state index contributed by atoms with van der Waals surface area (Å²) >= 11 is 7.79. The van der Waals surface area contributed by atoms with E-state index < -0.39 is 5.41 Å².